The molecule has 1 unspecified atom stereocenters. The van der Waals surface area contributed by atoms with Gasteiger partial charge in [0.2, 0.25) is 0 Å². The molecule has 2 rings (SSSR count). The Morgan fingerprint density at radius 1 is 1.36 bits per heavy atom. The average Bonchev–Trinajstić information content (AvgIpc) is 2.62. The van der Waals surface area contributed by atoms with Crippen LogP contribution in [0.25, 0.3) is 0 Å². The molecule has 0 radical (unpaired) electrons. The minimum atomic E-state index is 0.570. The molecule has 2 aliphatic rings. The van der Waals surface area contributed by atoms with E-state index in [0.29, 0.717) is 6.10 Å². The highest BCUT2D eigenvalue weighted by Gasteiger charge is 2.26. The van der Waals surface area contributed by atoms with Crippen LogP contribution in [0.4, 0.5) is 0 Å². The summed E-state index contributed by atoms with van der Waals surface area (Å²) in [6, 6.07) is 0. The largest absolute Gasteiger partial charge is 0.372 e. The van der Waals surface area contributed by atoms with E-state index in [1.54, 1.807) is 0 Å². The van der Waals surface area contributed by atoms with Crippen LogP contribution in [-0.4, -0.2) is 37.7 Å². The van der Waals surface area contributed by atoms with E-state index in [-0.39, 0.29) is 0 Å². The Morgan fingerprint density at radius 2 is 2.09 bits per heavy atom. The summed E-state index contributed by atoms with van der Waals surface area (Å²) >= 11 is 0. The molecule has 2 fully saturated rings. The van der Waals surface area contributed by atoms with Crippen LogP contribution in [0.1, 0.15) is 19.3 Å². The quantitative estimate of drug-likeness (QED) is 0.565. The Morgan fingerprint density at radius 3 is 2.55 bits per heavy atom. The Balaban J connectivity index is 1.59. The minimum absolute atomic E-state index is 0.570. The molecule has 1 aliphatic carbocycles. The average molecular weight is 155 g/mol. The summed E-state index contributed by atoms with van der Waals surface area (Å²) in [5.41, 5.74) is 0. The normalized spacial score (nSPS) is 30.5. The molecule has 0 aromatic heterocycles. The molecule has 0 aromatic carbocycles. The van der Waals surface area contributed by atoms with Gasteiger partial charge in [0.05, 0.1) is 12.7 Å². The SMILES string of the molecule is CN(CC1CCC1)CC1CO1. The molecule has 1 heterocycles. The topological polar surface area (TPSA) is 15.8 Å². The van der Waals surface area contributed by atoms with Gasteiger partial charge >= 0.3 is 0 Å². The maximum atomic E-state index is 5.17. The Kier molecular flexibility index (Phi) is 2.14. The van der Waals surface area contributed by atoms with Crippen LogP contribution in [0.15, 0.2) is 0 Å². The van der Waals surface area contributed by atoms with E-state index in [1.165, 1.54) is 25.8 Å². The van der Waals surface area contributed by atoms with Crippen molar-refractivity contribution < 1.29 is 4.74 Å². The number of hydrogen-bond acceptors (Lipinski definition) is 2. The van der Waals surface area contributed by atoms with Gasteiger partial charge in [-0.3, -0.25) is 0 Å². The molecule has 0 aromatic rings. The highest BCUT2D eigenvalue weighted by Crippen LogP contribution is 2.27. The third-order valence-corrected chi connectivity index (χ3v) is 2.71. The lowest BCUT2D eigenvalue weighted by Gasteiger charge is -2.29. The van der Waals surface area contributed by atoms with Crippen LogP contribution in [0.3, 0.4) is 0 Å². The van der Waals surface area contributed by atoms with Crippen molar-refractivity contribution >= 4 is 0 Å². The van der Waals surface area contributed by atoms with Gasteiger partial charge in [0.25, 0.3) is 0 Å². The van der Waals surface area contributed by atoms with Gasteiger partial charge in [-0.15, -0.1) is 0 Å². The van der Waals surface area contributed by atoms with E-state index in [9.17, 15) is 0 Å². The molecule has 1 saturated heterocycles. The Bertz CT molecular complexity index is 130. The molecule has 0 amide bonds. The maximum Gasteiger partial charge on any atom is 0.0936 e. The van der Waals surface area contributed by atoms with Crippen molar-refractivity contribution in [2.75, 3.05) is 26.7 Å². The summed E-state index contributed by atoms with van der Waals surface area (Å²) in [5.74, 6) is 0.999. The van der Waals surface area contributed by atoms with E-state index in [2.05, 4.69) is 11.9 Å². The van der Waals surface area contributed by atoms with Crippen molar-refractivity contribution in [2.24, 2.45) is 5.92 Å². The third kappa shape index (κ3) is 2.17. The summed E-state index contributed by atoms with van der Waals surface area (Å²) < 4.78 is 5.17. The minimum Gasteiger partial charge on any atom is -0.372 e. The molecule has 0 bridgehead atoms. The van der Waals surface area contributed by atoms with Crippen molar-refractivity contribution in [3.8, 4) is 0 Å². The number of ether oxygens (including phenoxy) is 1. The van der Waals surface area contributed by atoms with Gasteiger partial charge in [-0.2, -0.15) is 0 Å². The van der Waals surface area contributed by atoms with E-state index in [1.807, 2.05) is 0 Å². The molecule has 2 nitrogen and oxygen atoms in total. The second-order valence-electron chi connectivity index (χ2n) is 3.97. The van der Waals surface area contributed by atoms with Gasteiger partial charge in [0.1, 0.15) is 0 Å². The zero-order valence-corrected chi connectivity index (χ0v) is 7.25. The summed E-state index contributed by atoms with van der Waals surface area (Å²) in [5, 5.41) is 0. The van der Waals surface area contributed by atoms with E-state index in [4.69, 9.17) is 4.74 Å². The second-order valence-corrected chi connectivity index (χ2v) is 3.97. The van der Waals surface area contributed by atoms with E-state index in [0.717, 1.165) is 19.1 Å². The molecule has 64 valence electrons. The standard InChI is InChI=1S/C9H17NO/c1-10(6-9-7-11-9)5-8-3-2-4-8/h8-9H,2-7H2,1H3. The van der Waals surface area contributed by atoms with Crippen LogP contribution < -0.4 is 0 Å². The van der Waals surface area contributed by atoms with Crippen molar-refractivity contribution in [1.82, 2.24) is 4.90 Å². The summed E-state index contributed by atoms with van der Waals surface area (Å²) in [7, 11) is 2.21. The van der Waals surface area contributed by atoms with Crippen LogP contribution in [-0.2, 0) is 4.74 Å². The van der Waals surface area contributed by atoms with E-state index < -0.39 is 0 Å². The van der Waals surface area contributed by atoms with Crippen LogP contribution in [0.5, 0.6) is 0 Å². The first-order valence-corrected chi connectivity index (χ1v) is 4.65. The van der Waals surface area contributed by atoms with Gasteiger partial charge < -0.3 is 9.64 Å². The Hall–Kier alpha value is -0.0800. The van der Waals surface area contributed by atoms with Gasteiger partial charge in [-0.05, 0) is 25.8 Å². The first-order valence-electron chi connectivity index (χ1n) is 4.65. The Labute approximate surface area is 68.5 Å². The molecule has 0 spiro atoms. The fourth-order valence-corrected chi connectivity index (χ4v) is 1.71. The predicted molar refractivity (Wildman–Crippen MR) is 44.6 cm³/mol. The summed E-state index contributed by atoms with van der Waals surface area (Å²) in [6.45, 7) is 3.44. The number of rotatable bonds is 4. The fourth-order valence-electron chi connectivity index (χ4n) is 1.71. The van der Waals surface area contributed by atoms with Gasteiger partial charge in [0.15, 0.2) is 0 Å². The van der Waals surface area contributed by atoms with Crippen LogP contribution >= 0.6 is 0 Å². The zero-order chi connectivity index (χ0) is 7.68. The van der Waals surface area contributed by atoms with E-state index >= 15 is 0 Å². The number of likely N-dealkylation sites (N-methyl/N-ethyl adjacent to an activating group) is 1. The van der Waals surface area contributed by atoms with Crippen molar-refractivity contribution in [1.29, 1.82) is 0 Å². The molecule has 1 atom stereocenters. The molecule has 11 heavy (non-hydrogen) atoms. The third-order valence-electron chi connectivity index (χ3n) is 2.71. The molecular weight excluding hydrogens is 138 g/mol. The first-order chi connectivity index (χ1) is 5.34. The van der Waals surface area contributed by atoms with Gasteiger partial charge in [0, 0.05) is 13.1 Å². The molecule has 0 N–H and O–H groups in total. The zero-order valence-electron chi connectivity index (χ0n) is 7.25. The fraction of sp³-hybridized carbons (Fsp3) is 1.00. The number of epoxide rings is 1. The molecule has 2 heteroatoms. The van der Waals surface area contributed by atoms with Crippen molar-refractivity contribution in [3.63, 3.8) is 0 Å². The van der Waals surface area contributed by atoms with Gasteiger partial charge in [-0.25, -0.2) is 0 Å². The lowest BCUT2D eigenvalue weighted by molar-refractivity contribution is 0.193. The lowest BCUT2D eigenvalue weighted by Crippen LogP contribution is -2.32. The van der Waals surface area contributed by atoms with Crippen molar-refractivity contribution in [3.05, 3.63) is 0 Å². The molecular formula is C9H17NO. The molecule has 1 aliphatic heterocycles. The summed E-state index contributed by atoms with van der Waals surface area (Å²) in [6.07, 6.45) is 4.93. The van der Waals surface area contributed by atoms with Crippen molar-refractivity contribution in [2.45, 2.75) is 25.4 Å². The highest BCUT2D eigenvalue weighted by atomic mass is 16.6. The highest BCUT2D eigenvalue weighted by molar-refractivity contribution is 4.77. The molecule has 1 saturated carbocycles. The first kappa shape index (κ1) is 7.56. The summed E-state index contributed by atoms with van der Waals surface area (Å²) in [4.78, 5) is 2.42. The smallest absolute Gasteiger partial charge is 0.0936 e. The van der Waals surface area contributed by atoms with Crippen LogP contribution in [0, 0.1) is 5.92 Å². The number of nitrogens with zero attached hydrogens (tertiary/aromatic N) is 1. The number of hydrogen-bond donors (Lipinski definition) is 0. The second kappa shape index (κ2) is 3.11. The predicted octanol–water partition coefficient (Wildman–Crippen LogP) is 1.12. The lowest BCUT2D eigenvalue weighted by atomic mass is 9.85. The van der Waals surface area contributed by atoms with Gasteiger partial charge in [-0.1, -0.05) is 6.42 Å². The van der Waals surface area contributed by atoms with Crippen LogP contribution in [0.2, 0.25) is 0 Å². The maximum absolute atomic E-state index is 5.17. The monoisotopic (exact) mass is 155 g/mol.